The van der Waals surface area contributed by atoms with Gasteiger partial charge in [0, 0.05) is 11.6 Å². The van der Waals surface area contributed by atoms with Gasteiger partial charge in [-0.05, 0) is 28.5 Å². The molecule has 1 N–H and O–H groups in total. The third-order valence-corrected chi connectivity index (χ3v) is 3.96. The van der Waals surface area contributed by atoms with E-state index in [0.717, 1.165) is 11.6 Å². The number of esters is 1. The van der Waals surface area contributed by atoms with E-state index in [0.29, 0.717) is 11.8 Å². The van der Waals surface area contributed by atoms with Gasteiger partial charge in [-0.3, -0.25) is 19.7 Å². The fourth-order valence-corrected chi connectivity index (χ4v) is 2.69. The average Bonchev–Trinajstić information content (AvgIpc) is 2.82. The highest BCUT2D eigenvalue weighted by atomic mass is 16.5. The molecule has 5 nitrogen and oxygen atoms in total. The lowest BCUT2D eigenvalue weighted by Gasteiger charge is -2.17. The van der Waals surface area contributed by atoms with Crippen molar-refractivity contribution in [3.63, 3.8) is 0 Å². The summed E-state index contributed by atoms with van der Waals surface area (Å²) in [5, 5.41) is 2.10. The summed E-state index contributed by atoms with van der Waals surface area (Å²) in [5.74, 6) is -0.722. The fourth-order valence-electron chi connectivity index (χ4n) is 2.69. The van der Waals surface area contributed by atoms with E-state index in [9.17, 15) is 14.4 Å². The summed E-state index contributed by atoms with van der Waals surface area (Å²) >= 11 is 0. The first-order chi connectivity index (χ1) is 11.3. The van der Waals surface area contributed by atoms with Crippen molar-refractivity contribution in [2.75, 3.05) is 0 Å². The van der Waals surface area contributed by atoms with Gasteiger partial charge in [0.15, 0.2) is 0 Å². The summed E-state index contributed by atoms with van der Waals surface area (Å²) in [4.78, 5) is 34.3. The number of hydrogen-bond donors (Lipinski definition) is 1. The van der Waals surface area contributed by atoms with E-state index in [1.807, 2.05) is 6.07 Å². The molecule has 0 bridgehead atoms. The Morgan fingerprint density at radius 3 is 2.29 bits per heavy atom. The minimum absolute atomic E-state index is 0.142. The van der Waals surface area contributed by atoms with E-state index in [-0.39, 0.29) is 18.6 Å². The average molecular weight is 329 g/mol. The molecule has 1 aliphatic heterocycles. The molecule has 0 saturated carbocycles. The number of imide groups is 1. The maximum Gasteiger partial charge on any atom is 0.310 e. The smallest absolute Gasteiger partial charge is 0.310 e. The minimum Gasteiger partial charge on any atom is -0.461 e. The normalized spacial score (nSPS) is 14.2. The van der Waals surface area contributed by atoms with Crippen molar-refractivity contribution in [2.45, 2.75) is 52.6 Å². The molecule has 2 rings (SSSR count). The van der Waals surface area contributed by atoms with E-state index < -0.39 is 17.8 Å². The number of rotatable bonds is 6. The highest BCUT2D eigenvalue weighted by Gasteiger charge is 2.23. The molecule has 24 heavy (non-hydrogen) atoms. The number of carbonyl (C=O) groups excluding carboxylic acids is 3. The van der Waals surface area contributed by atoms with Crippen LogP contribution in [0.5, 0.6) is 0 Å². The molecule has 0 spiro atoms. The first-order valence-electron chi connectivity index (χ1n) is 8.12. The predicted octanol–water partition coefficient (Wildman–Crippen LogP) is 2.95. The van der Waals surface area contributed by atoms with Crippen molar-refractivity contribution in [3.8, 4) is 0 Å². The highest BCUT2D eigenvalue weighted by Crippen LogP contribution is 2.27. The molecular weight excluding hydrogens is 306 g/mol. The number of nitrogens with one attached hydrogen (secondary N) is 1. The van der Waals surface area contributed by atoms with E-state index in [4.69, 9.17) is 4.74 Å². The second-order valence-corrected chi connectivity index (χ2v) is 6.60. The molecule has 1 aromatic carbocycles. The molecule has 1 aromatic rings. The zero-order valence-corrected chi connectivity index (χ0v) is 14.5. The summed E-state index contributed by atoms with van der Waals surface area (Å²) in [6.45, 7) is 8.74. The van der Waals surface area contributed by atoms with Crippen LogP contribution < -0.4 is 5.32 Å². The van der Waals surface area contributed by atoms with E-state index >= 15 is 0 Å². The summed E-state index contributed by atoms with van der Waals surface area (Å²) in [5.41, 5.74) is 3.61. The van der Waals surface area contributed by atoms with Crippen LogP contribution in [0.1, 0.15) is 62.6 Å². The van der Waals surface area contributed by atoms with Gasteiger partial charge < -0.3 is 4.74 Å². The number of ether oxygens (including phenoxy) is 1. The molecular formula is C19H23NO4. The summed E-state index contributed by atoms with van der Waals surface area (Å²) in [6, 6.07) is 6.10. The fraction of sp³-hybridized carbons (Fsp3) is 0.421. The Morgan fingerprint density at radius 2 is 1.75 bits per heavy atom. The van der Waals surface area contributed by atoms with Crippen molar-refractivity contribution in [3.05, 3.63) is 46.5 Å². The van der Waals surface area contributed by atoms with Gasteiger partial charge in [-0.1, -0.05) is 45.9 Å². The third-order valence-electron chi connectivity index (χ3n) is 3.96. The number of amides is 2. The molecule has 128 valence electrons. The number of hydrogen-bond acceptors (Lipinski definition) is 4. The van der Waals surface area contributed by atoms with Crippen LogP contribution >= 0.6 is 0 Å². The van der Waals surface area contributed by atoms with Crippen molar-refractivity contribution in [1.29, 1.82) is 0 Å². The van der Waals surface area contributed by atoms with E-state index in [1.165, 1.54) is 11.1 Å². The lowest BCUT2D eigenvalue weighted by atomic mass is 9.89. The summed E-state index contributed by atoms with van der Waals surface area (Å²) < 4.78 is 5.24. The summed E-state index contributed by atoms with van der Waals surface area (Å²) in [6.07, 6.45) is 0.941. The third kappa shape index (κ3) is 4.31. The molecule has 0 aliphatic carbocycles. The first kappa shape index (κ1) is 17.9. The van der Waals surface area contributed by atoms with Crippen LogP contribution in [-0.4, -0.2) is 17.8 Å². The molecule has 0 aromatic heterocycles. The van der Waals surface area contributed by atoms with Crippen LogP contribution in [-0.2, 0) is 25.7 Å². The van der Waals surface area contributed by atoms with Crippen LogP contribution in [0.2, 0.25) is 0 Å². The largest absolute Gasteiger partial charge is 0.461 e. The maximum atomic E-state index is 11.9. The Kier molecular flexibility index (Phi) is 5.54. The molecule has 1 heterocycles. The van der Waals surface area contributed by atoms with Crippen molar-refractivity contribution in [1.82, 2.24) is 5.32 Å². The molecule has 0 radical (unpaired) electrons. The maximum absolute atomic E-state index is 11.9. The molecule has 5 heteroatoms. The zero-order chi connectivity index (χ0) is 17.9. The van der Waals surface area contributed by atoms with E-state index in [1.54, 1.807) is 0 Å². The highest BCUT2D eigenvalue weighted by molar-refractivity contribution is 6.17. The Hall–Kier alpha value is -2.43. The van der Waals surface area contributed by atoms with Crippen LogP contribution in [0.15, 0.2) is 29.8 Å². The standard InChI is InChI=1S/C19H23NO4/c1-11(2)15-6-5-13(7-16(15)12(3)4)10-24-18(22)9-14-8-17(21)20-19(14)23/h5-8,11-12H,9-10H2,1-4H3,(H,20,21,23). The van der Waals surface area contributed by atoms with Gasteiger partial charge in [0.05, 0.1) is 6.42 Å². The van der Waals surface area contributed by atoms with Crippen molar-refractivity contribution in [2.24, 2.45) is 0 Å². The lowest BCUT2D eigenvalue weighted by molar-refractivity contribution is -0.144. The Balaban J connectivity index is 2.00. The van der Waals surface area contributed by atoms with Gasteiger partial charge in [0.2, 0.25) is 0 Å². The van der Waals surface area contributed by atoms with Crippen molar-refractivity contribution < 1.29 is 19.1 Å². The second kappa shape index (κ2) is 7.43. The Morgan fingerprint density at radius 1 is 1.08 bits per heavy atom. The van der Waals surface area contributed by atoms with Gasteiger partial charge in [0.25, 0.3) is 11.8 Å². The van der Waals surface area contributed by atoms with E-state index in [2.05, 4.69) is 45.1 Å². The SMILES string of the molecule is CC(C)c1ccc(COC(=O)CC2=CC(=O)NC2=O)cc1C(C)C. The second-order valence-electron chi connectivity index (χ2n) is 6.60. The minimum atomic E-state index is -0.527. The Labute approximate surface area is 142 Å². The van der Waals surface area contributed by atoms with Crippen LogP contribution in [0.3, 0.4) is 0 Å². The van der Waals surface area contributed by atoms with Crippen molar-refractivity contribution >= 4 is 17.8 Å². The quantitative estimate of drug-likeness (QED) is 0.643. The molecule has 0 saturated heterocycles. The van der Waals surface area contributed by atoms with Gasteiger partial charge in [-0.15, -0.1) is 0 Å². The Bertz CT molecular complexity index is 701. The van der Waals surface area contributed by atoms with Gasteiger partial charge >= 0.3 is 5.97 Å². The molecule has 0 unspecified atom stereocenters. The monoisotopic (exact) mass is 329 g/mol. The van der Waals surface area contributed by atoms with Gasteiger partial charge in [-0.2, -0.15) is 0 Å². The predicted molar refractivity (Wildman–Crippen MR) is 90.3 cm³/mol. The molecule has 2 amide bonds. The van der Waals surface area contributed by atoms with Gasteiger partial charge in [-0.25, -0.2) is 0 Å². The number of benzene rings is 1. The molecule has 1 aliphatic rings. The molecule has 0 fully saturated rings. The summed E-state index contributed by atoms with van der Waals surface area (Å²) in [7, 11) is 0. The molecule has 0 atom stereocenters. The zero-order valence-electron chi connectivity index (χ0n) is 14.5. The topological polar surface area (TPSA) is 72.5 Å². The van der Waals surface area contributed by atoms with Crippen LogP contribution in [0.4, 0.5) is 0 Å². The lowest BCUT2D eigenvalue weighted by Crippen LogP contribution is -2.23. The number of carbonyl (C=O) groups is 3. The first-order valence-corrected chi connectivity index (χ1v) is 8.12. The van der Waals surface area contributed by atoms with Crippen LogP contribution in [0.25, 0.3) is 0 Å². The van der Waals surface area contributed by atoms with Gasteiger partial charge in [0.1, 0.15) is 6.61 Å². The van der Waals surface area contributed by atoms with Crippen LogP contribution in [0, 0.1) is 0 Å².